The number of benzene rings is 1. The molecule has 1 aromatic carbocycles. The van der Waals surface area contributed by atoms with Crippen molar-refractivity contribution in [3.05, 3.63) is 34.3 Å². The van der Waals surface area contributed by atoms with Crippen molar-refractivity contribution >= 4 is 17.6 Å². The molecule has 0 fully saturated rings. The molecule has 1 atom stereocenters. The SMILES string of the molecule is CC(C)(C(=O)O)C1CCc2cc(Cl)ccc21. The van der Waals surface area contributed by atoms with E-state index in [2.05, 4.69) is 0 Å². The van der Waals surface area contributed by atoms with Crippen LogP contribution in [0, 0.1) is 5.41 Å². The summed E-state index contributed by atoms with van der Waals surface area (Å²) in [5.41, 5.74) is 1.64. The Kier molecular flexibility index (Phi) is 2.70. The number of halogens is 1. The second-order valence-electron chi connectivity index (χ2n) is 4.96. The van der Waals surface area contributed by atoms with Gasteiger partial charge in [0.2, 0.25) is 0 Å². The maximum absolute atomic E-state index is 11.3. The van der Waals surface area contributed by atoms with Gasteiger partial charge >= 0.3 is 5.97 Å². The summed E-state index contributed by atoms with van der Waals surface area (Å²) in [4.78, 5) is 11.3. The third-order valence-electron chi connectivity index (χ3n) is 3.61. The highest BCUT2D eigenvalue weighted by atomic mass is 35.5. The summed E-state index contributed by atoms with van der Waals surface area (Å²) >= 11 is 5.93. The number of aliphatic carboxylic acids is 1. The topological polar surface area (TPSA) is 37.3 Å². The van der Waals surface area contributed by atoms with Gasteiger partial charge in [-0.3, -0.25) is 4.79 Å². The Morgan fingerprint density at radius 1 is 1.50 bits per heavy atom. The summed E-state index contributed by atoms with van der Waals surface area (Å²) in [6, 6.07) is 5.77. The minimum absolute atomic E-state index is 0.0947. The van der Waals surface area contributed by atoms with Gasteiger partial charge in [0.1, 0.15) is 0 Å². The van der Waals surface area contributed by atoms with E-state index in [1.807, 2.05) is 18.2 Å². The second kappa shape index (κ2) is 3.77. The van der Waals surface area contributed by atoms with Crippen molar-refractivity contribution in [2.45, 2.75) is 32.6 Å². The first-order chi connectivity index (χ1) is 7.43. The van der Waals surface area contributed by atoms with Crippen LogP contribution in [0.2, 0.25) is 5.02 Å². The van der Waals surface area contributed by atoms with Crippen molar-refractivity contribution in [3.63, 3.8) is 0 Å². The zero-order valence-electron chi connectivity index (χ0n) is 9.46. The molecule has 0 saturated carbocycles. The molecule has 86 valence electrons. The molecular formula is C13H15ClO2. The van der Waals surface area contributed by atoms with Crippen molar-refractivity contribution < 1.29 is 9.90 Å². The molecule has 16 heavy (non-hydrogen) atoms. The number of carboxylic acids is 1. The molecule has 0 radical (unpaired) electrons. The van der Waals surface area contributed by atoms with Crippen LogP contribution in [-0.2, 0) is 11.2 Å². The summed E-state index contributed by atoms with van der Waals surface area (Å²) in [6.45, 7) is 3.59. The predicted octanol–water partition coefficient (Wildman–Crippen LogP) is 3.48. The lowest BCUT2D eigenvalue weighted by atomic mass is 9.76. The molecule has 0 saturated heterocycles. The molecule has 2 nitrogen and oxygen atoms in total. The van der Waals surface area contributed by atoms with Crippen LogP contribution in [-0.4, -0.2) is 11.1 Å². The molecular weight excluding hydrogens is 224 g/mol. The fourth-order valence-corrected chi connectivity index (χ4v) is 2.68. The van der Waals surface area contributed by atoms with Crippen molar-refractivity contribution in [3.8, 4) is 0 Å². The Morgan fingerprint density at radius 2 is 2.19 bits per heavy atom. The van der Waals surface area contributed by atoms with E-state index in [1.165, 1.54) is 5.56 Å². The largest absolute Gasteiger partial charge is 0.481 e. The molecule has 1 aliphatic rings. The van der Waals surface area contributed by atoms with Crippen molar-refractivity contribution in [2.75, 3.05) is 0 Å². The van der Waals surface area contributed by atoms with Gasteiger partial charge in [0.15, 0.2) is 0 Å². The molecule has 1 N–H and O–H groups in total. The minimum Gasteiger partial charge on any atom is -0.481 e. The molecule has 1 aromatic rings. The molecule has 2 rings (SSSR count). The van der Waals surface area contributed by atoms with E-state index in [0.29, 0.717) is 0 Å². The third kappa shape index (κ3) is 1.71. The van der Waals surface area contributed by atoms with Crippen LogP contribution >= 0.6 is 11.6 Å². The Bertz CT molecular complexity index is 438. The third-order valence-corrected chi connectivity index (χ3v) is 3.84. The van der Waals surface area contributed by atoms with E-state index in [9.17, 15) is 9.90 Å². The molecule has 0 amide bonds. The van der Waals surface area contributed by atoms with E-state index in [4.69, 9.17) is 11.6 Å². The van der Waals surface area contributed by atoms with Crippen LogP contribution in [0.3, 0.4) is 0 Å². The van der Waals surface area contributed by atoms with Crippen molar-refractivity contribution in [1.82, 2.24) is 0 Å². The van der Waals surface area contributed by atoms with Gasteiger partial charge in [-0.2, -0.15) is 0 Å². The predicted molar refractivity (Wildman–Crippen MR) is 63.9 cm³/mol. The summed E-state index contributed by atoms with van der Waals surface area (Å²) in [5, 5.41) is 9.98. The molecule has 0 aliphatic heterocycles. The zero-order valence-corrected chi connectivity index (χ0v) is 10.2. The Labute approximate surface area is 100 Å². The van der Waals surface area contributed by atoms with Gasteiger partial charge in [-0.25, -0.2) is 0 Å². The van der Waals surface area contributed by atoms with Gasteiger partial charge in [0.25, 0.3) is 0 Å². The number of hydrogen-bond acceptors (Lipinski definition) is 1. The highest BCUT2D eigenvalue weighted by molar-refractivity contribution is 6.30. The summed E-state index contributed by atoms with van der Waals surface area (Å²) in [7, 11) is 0. The first kappa shape index (κ1) is 11.5. The first-order valence-electron chi connectivity index (χ1n) is 5.44. The van der Waals surface area contributed by atoms with Crippen LogP contribution in [0.1, 0.15) is 37.3 Å². The normalized spacial score (nSPS) is 19.6. The van der Waals surface area contributed by atoms with E-state index >= 15 is 0 Å². The van der Waals surface area contributed by atoms with Crippen LogP contribution in [0.25, 0.3) is 0 Å². The average molecular weight is 239 g/mol. The molecule has 0 bridgehead atoms. The Morgan fingerprint density at radius 3 is 2.81 bits per heavy atom. The number of carboxylic acid groups (broad SMARTS) is 1. The Balaban J connectivity index is 2.41. The lowest BCUT2D eigenvalue weighted by Gasteiger charge is -2.27. The monoisotopic (exact) mass is 238 g/mol. The summed E-state index contributed by atoms with van der Waals surface area (Å²) < 4.78 is 0. The maximum Gasteiger partial charge on any atom is 0.309 e. The number of rotatable bonds is 2. The maximum atomic E-state index is 11.3. The molecule has 0 aromatic heterocycles. The van der Waals surface area contributed by atoms with Crippen LogP contribution in [0.5, 0.6) is 0 Å². The number of aryl methyl sites for hydroxylation is 1. The number of hydrogen-bond donors (Lipinski definition) is 1. The molecule has 0 spiro atoms. The van der Waals surface area contributed by atoms with E-state index in [1.54, 1.807) is 13.8 Å². The number of carbonyl (C=O) groups is 1. The van der Waals surface area contributed by atoms with Gasteiger partial charge in [0, 0.05) is 10.9 Å². The number of fused-ring (bicyclic) bond motifs is 1. The zero-order chi connectivity index (χ0) is 11.9. The van der Waals surface area contributed by atoms with Crippen LogP contribution < -0.4 is 0 Å². The smallest absolute Gasteiger partial charge is 0.309 e. The van der Waals surface area contributed by atoms with E-state index in [-0.39, 0.29) is 5.92 Å². The van der Waals surface area contributed by atoms with E-state index < -0.39 is 11.4 Å². The van der Waals surface area contributed by atoms with Crippen LogP contribution in [0.4, 0.5) is 0 Å². The van der Waals surface area contributed by atoms with Gasteiger partial charge in [-0.15, -0.1) is 0 Å². The molecule has 3 heteroatoms. The standard InChI is InChI=1S/C13H15ClO2/c1-13(2,12(15)16)11-6-3-8-7-9(14)4-5-10(8)11/h4-5,7,11H,3,6H2,1-2H3,(H,15,16). The molecule has 1 unspecified atom stereocenters. The highest BCUT2D eigenvalue weighted by Gasteiger charge is 2.40. The highest BCUT2D eigenvalue weighted by Crippen LogP contribution is 2.45. The van der Waals surface area contributed by atoms with Gasteiger partial charge in [-0.1, -0.05) is 17.7 Å². The molecule has 1 aliphatic carbocycles. The first-order valence-corrected chi connectivity index (χ1v) is 5.82. The second-order valence-corrected chi connectivity index (χ2v) is 5.40. The van der Waals surface area contributed by atoms with Gasteiger partial charge in [-0.05, 0) is 49.9 Å². The van der Waals surface area contributed by atoms with Crippen molar-refractivity contribution in [1.29, 1.82) is 0 Å². The quantitative estimate of drug-likeness (QED) is 0.857. The fraction of sp³-hybridized carbons (Fsp3) is 0.462. The summed E-state index contributed by atoms with van der Waals surface area (Å²) in [5.74, 6) is -0.641. The molecule has 0 heterocycles. The fourth-order valence-electron chi connectivity index (χ4n) is 2.48. The van der Waals surface area contributed by atoms with Crippen molar-refractivity contribution in [2.24, 2.45) is 5.41 Å². The van der Waals surface area contributed by atoms with Gasteiger partial charge < -0.3 is 5.11 Å². The Hall–Kier alpha value is -1.02. The van der Waals surface area contributed by atoms with Gasteiger partial charge in [0.05, 0.1) is 5.41 Å². The lowest BCUT2D eigenvalue weighted by Crippen LogP contribution is -2.30. The average Bonchev–Trinajstić information content (AvgIpc) is 2.60. The summed E-state index contributed by atoms with van der Waals surface area (Å²) in [6.07, 6.45) is 1.83. The van der Waals surface area contributed by atoms with E-state index in [0.717, 1.165) is 23.4 Å². The minimum atomic E-state index is -0.736. The van der Waals surface area contributed by atoms with Crippen LogP contribution in [0.15, 0.2) is 18.2 Å². The lowest BCUT2D eigenvalue weighted by molar-refractivity contribution is -0.148.